The smallest absolute Gasteiger partial charge is 0.404 e. The number of carbonyl (C=O) groups is 1. The molecule has 3 nitrogen and oxygen atoms in total. The van der Waals surface area contributed by atoms with Crippen LogP contribution in [0.1, 0.15) is 16.1 Å². The summed E-state index contributed by atoms with van der Waals surface area (Å²) in [6.07, 6.45) is -4.57. The van der Waals surface area contributed by atoms with E-state index in [1.54, 1.807) is 18.2 Å². The Labute approximate surface area is 106 Å². The van der Waals surface area contributed by atoms with Gasteiger partial charge in [-0.3, -0.25) is 0 Å². The van der Waals surface area contributed by atoms with Crippen molar-refractivity contribution in [2.45, 2.75) is 6.18 Å². The van der Waals surface area contributed by atoms with Gasteiger partial charge in [-0.25, -0.2) is 9.78 Å². The van der Waals surface area contributed by atoms with Crippen LogP contribution in [0.3, 0.4) is 0 Å². The van der Waals surface area contributed by atoms with Crippen LogP contribution >= 0.6 is 0 Å². The average Bonchev–Trinajstić information content (AvgIpc) is 2.39. The molecule has 19 heavy (non-hydrogen) atoms. The van der Waals surface area contributed by atoms with E-state index < -0.39 is 17.8 Å². The largest absolute Gasteiger partial charge is 0.433 e. The van der Waals surface area contributed by atoms with E-state index in [1.165, 1.54) is 18.2 Å². The normalized spacial score (nSPS) is 11.1. The van der Waals surface area contributed by atoms with Crippen LogP contribution in [0.5, 0.6) is 5.88 Å². The molecule has 0 aliphatic heterocycles. The van der Waals surface area contributed by atoms with Gasteiger partial charge in [-0.1, -0.05) is 24.3 Å². The van der Waals surface area contributed by atoms with Gasteiger partial charge < -0.3 is 4.74 Å². The first kappa shape index (κ1) is 13.1. The number of aromatic nitrogens is 1. The lowest BCUT2D eigenvalue weighted by Crippen LogP contribution is -2.12. The summed E-state index contributed by atoms with van der Waals surface area (Å²) < 4.78 is 42.1. The first-order chi connectivity index (χ1) is 8.97. The van der Waals surface area contributed by atoms with Crippen LogP contribution in [0.4, 0.5) is 13.2 Å². The van der Waals surface area contributed by atoms with Crippen molar-refractivity contribution in [2.75, 3.05) is 0 Å². The highest BCUT2D eigenvalue weighted by Gasteiger charge is 2.32. The van der Waals surface area contributed by atoms with E-state index in [4.69, 9.17) is 4.74 Å². The fourth-order valence-electron chi connectivity index (χ4n) is 1.36. The van der Waals surface area contributed by atoms with Gasteiger partial charge in [0.15, 0.2) is 0 Å². The quantitative estimate of drug-likeness (QED) is 0.783. The van der Waals surface area contributed by atoms with Crippen molar-refractivity contribution in [1.82, 2.24) is 4.98 Å². The molecule has 0 saturated heterocycles. The van der Waals surface area contributed by atoms with Crippen molar-refractivity contribution in [2.24, 2.45) is 0 Å². The first-order valence-corrected chi connectivity index (χ1v) is 5.28. The molecule has 2 rings (SSSR count). The van der Waals surface area contributed by atoms with Gasteiger partial charge in [0.05, 0.1) is 5.56 Å². The van der Waals surface area contributed by atoms with E-state index in [1.807, 2.05) is 0 Å². The van der Waals surface area contributed by atoms with Crippen LogP contribution in [0.15, 0.2) is 48.5 Å². The van der Waals surface area contributed by atoms with Gasteiger partial charge >= 0.3 is 12.1 Å². The SMILES string of the molecule is O=C(Oc1cccc(C(F)(F)F)n1)c1ccccc1. The minimum Gasteiger partial charge on any atom is -0.404 e. The minimum atomic E-state index is -4.57. The number of esters is 1. The third-order valence-corrected chi connectivity index (χ3v) is 2.22. The van der Waals surface area contributed by atoms with Gasteiger partial charge in [0.1, 0.15) is 5.69 Å². The van der Waals surface area contributed by atoms with Gasteiger partial charge in [0.2, 0.25) is 5.88 Å². The van der Waals surface area contributed by atoms with Crippen molar-refractivity contribution in [3.05, 3.63) is 59.8 Å². The Morgan fingerprint density at radius 1 is 1.00 bits per heavy atom. The second-order valence-electron chi connectivity index (χ2n) is 3.61. The van der Waals surface area contributed by atoms with Crippen molar-refractivity contribution >= 4 is 5.97 Å². The molecular weight excluding hydrogens is 259 g/mol. The van der Waals surface area contributed by atoms with Crippen molar-refractivity contribution in [1.29, 1.82) is 0 Å². The van der Waals surface area contributed by atoms with Gasteiger partial charge in [0.25, 0.3) is 0 Å². The Hall–Kier alpha value is -2.37. The number of hydrogen-bond acceptors (Lipinski definition) is 3. The molecule has 0 radical (unpaired) electrons. The molecule has 0 bridgehead atoms. The van der Waals surface area contributed by atoms with Crippen molar-refractivity contribution in [3.8, 4) is 5.88 Å². The summed E-state index contributed by atoms with van der Waals surface area (Å²) >= 11 is 0. The first-order valence-electron chi connectivity index (χ1n) is 5.28. The molecule has 0 amide bonds. The summed E-state index contributed by atoms with van der Waals surface area (Å²) in [5.74, 6) is -1.14. The predicted molar refractivity (Wildman–Crippen MR) is 60.6 cm³/mol. The molecule has 1 aromatic carbocycles. The maximum Gasteiger partial charge on any atom is 0.433 e. The number of pyridine rings is 1. The zero-order valence-electron chi connectivity index (χ0n) is 9.52. The van der Waals surface area contributed by atoms with Gasteiger partial charge in [-0.15, -0.1) is 0 Å². The number of alkyl halides is 3. The van der Waals surface area contributed by atoms with Crippen molar-refractivity contribution in [3.63, 3.8) is 0 Å². The van der Waals surface area contributed by atoms with Gasteiger partial charge in [-0.05, 0) is 18.2 Å². The number of rotatable bonds is 2. The van der Waals surface area contributed by atoms with Crippen molar-refractivity contribution < 1.29 is 22.7 Å². The zero-order valence-corrected chi connectivity index (χ0v) is 9.52. The van der Waals surface area contributed by atoms with E-state index in [-0.39, 0.29) is 11.4 Å². The Morgan fingerprint density at radius 2 is 1.68 bits per heavy atom. The molecular formula is C13H8F3NO2. The maximum atomic E-state index is 12.4. The van der Waals surface area contributed by atoms with Gasteiger partial charge in [0, 0.05) is 6.07 Å². The third kappa shape index (κ3) is 3.31. The zero-order chi connectivity index (χ0) is 13.9. The highest BCUT2D eigenvalue weighted by Crippen LogP contribution is 2.28. The summed E-state index contributed by atoms with van der Waals surface area (Å²) in [4.78, 5) is 14.9. The molecule has 2 aromatic rings. The van der Waals surface area contributed by atoms with Crippen LogP contribution < -0.4 is 4.74 Å². The van der Waals surface area contributed by atoms with Gasteiger partial charge in [-0.2, -0.15) is 13.2 Å². The second-order valence-corrected chi connectivity index (χ2v) is 3.61. The fraction of sp³-hybridized carbons (Fsp3) is 0.0769. The molecule has 98 valence electrons. The summed E-state index contributed by atoms with van der Waals surface area (Å²) in [6, 6.07) is 11.1. The van der Waals surface area contributed by atoms with E-state index in [9.17, 15) is 18.0 Å². The van der Waals surface area contributed by atoms with E-state index >= 15 is 0 Å². The number of ether oxygens (including phenoxy) is 1. The van der Waals surface area contributed by atoms with Crippen LogP contribution in [0.25, 0.3) is 0 Å². The lowest BCUT2D eigenvalue weighted by molar-refractivity contribution is -0.141. The average molecular weight is 267 g/mol. The summed E-state index contributed by atoms with van der Waals surface area (Å²) in [6.45, 7) is 0. The Bertz CT molecular complexity index is 582. The third-order valence-electron chi connectivity index (χ3n) is 2.22. The van der Waals surface area contributed by atoms with Crippen LogP contribution in [0, 0.1) is 0 Å². The number of carbonyl (C=O) groups excluding carboxylic acids is 1. The molecule has 1 heterocycles. The Morgan fingerprint density at radius 3 is 2.32 bits per heavy atom. The number of hydrogen-bond donors (Lipinski definition) is 0. The number of nitrogens with zero attached hydrogens (tertiary/aromatic N) is 1. The number of benzene rings is 1. The van der Waals surface area contributed by atoms with Crippen LogP contribution in [-0.2, 0) is 6.18 Å². The second kappa shape index (κ2) is 5.09. The predicted octanol–water partition coefficient (Wildman–Crippen LogP) is 3.32. The van der Waals surface area contributed by atoms with Crippen LogP contribution in [0.2, 0.25) is 0 Å². The Balaban J connectivity index is 2.18. The molecule has 1 aromatic heterocycles. The fourth-order valence-corrected chi connectivity index (χ4v) is 1.36. The minimum absolute atomic E-state index is 0.238. The monoisotopic (exact) mass is 267 g/mol. The van der Waals surface area contributed by atoms with Crippen LogP contribution in [-0.4, -0.2) is 11.0 Å². The molecule has 0 saturated carbocycles. The summed E-state index contributed by atoms with van der Waals surface area (Å²) in [7, 11) is 0. The summed E-state index contributed by atoms with van der Waals surface area (Å²) in [5.41, 5.74) is -0.868. The maximum absolute atomic E-state index is 12.4. The molecule has 0 unspecified atom stereocenters. The van der Waals surface area contributed by atoms with E-state index in [0.717, 1.165) is 12.1 Å². The molecule has 6 heteroatoms. The van der Waals surface area contributed by atoms with E-state index in [2.05, 4.69) is 4.98 Å². The lowest BCUT2D eigenvalue weighted by atomic mass is 10.2. The molecule has 0 fully saturated rings. The topological polar surface area (TPSA) is 39.2 Å². The standard InChI is InChI=1S/C13H8F3NO2/c14-13(15,16)10-7-4-8-11(17-10)19-12(18)9-5-2-1-3-6-9/h1-8H. The molecule has 0 aliphatic rings. The molecule has 0 aliphatic carbocycles. The molecule has 0 atom stereocenters. The molecule has 0 spiro atoms. The Kier molecular flexibility index (Phi) is 3.50. The lowest BCUT2D eigenvalue weighted by Gasteiger charge is -2.07. The van der Waals surface area contributed by atoms with E-state index in [0.29, 0.717) is 0 Å². The highest BCUT2D eigenvalue weighted by molar-refractivity contribution is 5.90. The molecule has 0 N–H and O–H groups in total. The summed E-state index contributed by atoms with van der Waals surface area (Å²) in [5, 5.41) is 0. The number of halogens is 3. The highest BCUT2D eigenvalue weighted by atomic mass is 19.4.